The summed E-state index contributed by atoms with van der Waals surface area (Å²) in [5, 5.41) is 1.22. The van der Waals surface area contributed by atoms with Crippen molar-refractivity contribution in [3.8, 4) is 0 Å². The van der Waals surface area contributed by atoms with Crippen molar-refractivity contribution in [2.24, 2.45) is 0 Å². The summed E-state index contributed by atoms with van der Waals surface area (Å²) in [6, 6.07) is 4.12. The molecule has 0 aromatic carbocycles. The van der Waals surface area contributed by atoms with E-state index in [0.717, 1.165) is 16.9 Å². The first-order valence-electron chi connectivity index (χ1n) is 4.38. The number of hydrogen-bond acceptors (Lipinski definition) is 2. The quantitative estimate of drug-likeness (QED) is 0.610. The van der Waals surface area contributed by atoms with E-state index in [2.05, 4.69) is 23.0 Å². The van der Waals surface area contributed by atoms with Crippen molar-refractivity contribution >= 4 is 10.9 Å². The smallest absolute Gasteiger partial charge is 0.0917 e. The summed E-state index contributed by atoms with van der Waals surface area (Å²) in [5.74, 6) is 0. The van der Waals surface area contributed by atoms with Crippen LogP contribution in [0.25, 0.3) is 10.9 Å². The maximum atomic E-state index is 4.38. The monoisotopic (exact) mass is 172 g/mol. The van der Waals surface area contributed by atoms with E-state index in [-0.39, 0.29) is 0 Å². The van der Waals surface area contributed by atoms with Gasteiger partial charge in [0.1, 0.15) is 0 Å². The Morgan fingerprint density at radius 2 is 1.92 bits per heavy atom. The van der Waals surface area contributed by atoms with Crippen LogP contribution in [0.4, 0.5) is 0 Å². The lowest BCUT2D eigenvalue weighted by Gasteiger charge is -2.04. The Labute approximate surface area is 77.6 Å². The maximum Gasteiger partial charge on any atom is 0.0917 e. The molecule has 0 unspecified atom stereocenters. The highest BCUT2D eigenvalue weighted by Crippen LogP contribution is 2.18. The predicted octanol–water partition coefficient (Wildman–Crippen LogP) is 2.56. The minimum Gasteiger partial charge on any atom is -0.256 e. The number of rotatable bonds is 0. The topological polar surface area (TPSA) is 25.8 Å². The molecule has 0 atom stereocenters. The van der Waals surface area contributed by atoms with Crippen molar-refractivity contribution in [1.82, 2.24) is 9.97 Å². The van der Waals surface area contributed by atoms with Gasteiger partial charge in [-0.2, -0.15) is 0 Å². The molecule has 0 amide bonds. The van der Waals surface area contributed by atoms with Crippen LogP contribution in [0.1, 0.15) is 17.0 Å². The van der Waals surface area contributed by atoms with Gasteiger partial charge in [0, 0.05) is 17.3 Å². The first kappa shape index (κ1) is 8.17. The van der Waals surface area contributed by atoms with Crippen LogP contribution < -0.4 is 0 Å². The number of aryl methyl sites for hydroxylation is 3. The van der Waals surface area contributed by atoms with Crippen molar-refractivity contribution in [2.75, 3.05) is 0 Å². The van der Waals surface area contributed by atoms with Crippen LogP contribution in [0.15, 0.2) is 18.3 Å². The first-order valence-corrected chi connectivity index (χ1v) is 4.38. The van der Waals surface area contributed by atoms with Gasteiger partial charge in [-0.15, -0.1) is 0 Å². The molecule has 2 heteroatoms. The molecule has 0 fully saturated rings. The van der Waals surface area contributed by atoms with E-state index < -0.39 is 0 Å². The maximum absolute atomic E-state index is 4.38. The summed E-state index contributed by atoms with van der Waals surface area (Å²) in [6.45, 7) is 6.11. The van der Waals surface area contributed by atoms with E-state index in [9.17, 15) is 0 Å². The Morgan fingerprint density at radius 3 is 2.69 bits per heavy atom. The van der Waals surface area contributed by atoms with Crippen molar-refractivity contribution in [3.63, 3.8) is 0 Å². The molecule has 2 aromatic heterocycles. The third kappa shape index (κ3) is 1.28. The molecular weight excluding hydrogens is 160 g/mol. The molecule has 0 aliphatic heterocycles. The summed E-state index contributed by atoms with van der Waals surface area (Å²) < 4.78 is 0. The fourth-order valence-corrected chi connectivity index (χ4v) is 1.60. The van der Waals surface area contributed by atoms with E-state index in [1.54, 1.807) is 0 Å². The molecule has 0 bridgehead atoms. The lowest BCUT2D eigenvalue weighted by atomic mass is 10.1. The molecule has 0 aliphatic rings. The Morgan fingerprint density at radius 1 is 1.15 bits per heavy atom. The average molecular weight is 172 g/mol. The van der Waals surface area contributed by atoms with Gasteiger partial charge in [0.25, 0.3) is 0 Å². The molecule has 2 nitrogen and oxygen atoms in total. The van der Waals surface area contributed by atoms with E-state index in [1.165, 1.54) is 10.9 Å². The Balaban J connectivity index is 2.94. The minimum atomic E-state index is 1.01. The third-order valence-corrected chi connectivity index (χ3v) is 2.25. The Kier molecular flexibility index (Phi) is 1.76. The summed E-state index contributed by atoms with van der Waals surface area (Å²) in [6.07, 6.45) is 1.84. The lowest BCUT2D eigenvalue weighted by molar-refractivity contribution is 1.13. The largest absolute Gasteiger partial charge is 0.256 e. The molecule has 13 heavy (non-hydrogen) atoms. The van der Waals surface area contributed by atoms with Crippen molar-refractivity contribution in [1.29, 1.82) is 0 Å². The van der Waals surface area contributed by atoms with Gasteiger partial charge in [-0.1, -0.05) is 0 Å². The molecular formula is C11H12N2. The Hall–Kier alpha value is -1.44. The van der Waals surface area contributed by atoms with Crippen molar-refractivity contribution < 1.29 is 0 Å². The SMILES string of the molecule is Cc1cc2c(C)ccnc2c(C)n1. The average Bonchev–Trinajstić information content (AvgIpc) is 2.07. The van der Waals surface area contributed by atoms with Crippen LogP contribution in [0.2, 0.25) is 0 Å². The van der Waals surface area contributed by atoms with Crippen LogP contribution in [0.5, 0.6) is 0 Å². The molecule has 0 aliphatic carbocycles. The van der Waals surface area contributed by atoms with Gasteiger partial charge < -0.3 is 0 Å². The Bertz CT molecular complexity index is 461. The van der Waals surface area contributed by atoms with Gasteiger partial charge in [-0.3, -0.25) is 9.97 Å². The summed E-state index contributed by atoms with van der Waals surface area (Å²) in [5.41, 5.74) is 4.35. The first-order chi connectivity index (χ1) is 6.18. The second-order valence-corrected chi connectivity index (χ2v) is 3.37. The number of nitrogens with zero attached hydrogens (tertiary/aromatic N) is 2. The molecule has 0 radical (unpaired) electrons. The highest BCUT2D eigenvalue weighted by molar-refractivity contribution is 5.83. The van der Waals surface area contributed by atoms with Crippen molar-refractivity contribution in [2.45, 2.75) is 20.8 Å². The predicted molar refractivity (Wildman–Crippen MR) is 53.7 cm³/mol. The van der Waals surface area contributed by atoms with Gasteiger partial charge in [0.2, 0.25) is 0 Å². The van der Waals surface area contributed by atoms with Gasteiger partial charge in [0.15, 0.2) is 0 Å². The van der Waals surface area contributed by atoms with Crippen LogP contribution in [-0.4, -0.2) is 9.97 Å². The van der Waals surface area contributed by atoms with Crippen LogP contribution in [-0.2, 0) is 0 Å². The second-order valence-electron chi connectivity index (χ2n) is 3.37. The van der Waals surface area contributed by atoms with E-state index >= 15 is 0 Å². The van der Waals surface area contributed by atoms with Crippen LogP contribution in [0.3, 0.4) is 0 Å². The standard InChI is InChI=1S/C11H12N2/c1-7-4-5-12-11-9(3)13-8(2)6-10(7)11/h4-6H,1-3H3. The fourth-order valence-electron chi connectivity index (χ4n) is 1.60. The number of fused-ring (bicyclic) bond motifs is 1. The number of aromatic nitrogens is 2. The van der Waals surface area contributed by atoms with Crippen molar-refractivity contribution in [3.05, 3.63) is 35.3 Å². The number of pyridine rings is 2. The molecule has 2 aromatic rings. The van der Waals surface area contributed by atoms with E-state index in [4.69, 9.17) is 0 Å². The summed E-state index contributed by atoms with van der Waals surface area (Å²) in [7, 11) is 0. The highest BCUT2D eigenvalue weighted by atomic mass is 14.8. The zero-order valence-electron chi connectivity index (χ0n) is 8.13. The molecule has 0 spiro atoms. The molecule has 2 rings (SSSR count). The molecule has 66 valence electrons. The number of hydrogen-bond donors (Lipinski definition) is 0. The van der Waals surface area contributed by atoms with Crippen LogP contribution in [0, 0.1) is 20.8 Å². The zero-order chi connectivity index (χ0) is 9.42. The summed E-state index contributed by atoms with van der Waals surface area (Å²) >= 11 is 0. The second kappa shape index (κ2) is 2.80. The molecule has 0 saturated heterocycles. The van der Waals surface area contributed by atoms with Crippen LogP contribution >= 0.6 is 0 Å². The third-order valence-electron chi connectivity index (χ3n) is 2.25. The molecule has 2 heterocycles. The van der Waals surface area contributed by atoms with Gasteiger partial charge in [-0.05, 0) is 38.5 Å². The highest BCUT2D eigenvalue weighted by Gasteiger charge is 2.02. The van der Waals surface area contributed by atoms with E-state index in [0.29, 0.717) is 0 Å². The molecule has 0 saturated carbocycles. The zero-order valence-corrected chi connectivity index (χ0v) is 8.13. The minimum absolute atomic E-state index is 1.01. The normalized spacial score (nSPS) is 10.7. The lowest BCUT2D eigenvalue weighted by Crippen LogP contribution is -1.91. The summed E-state index contributed by atoms with van der Waals surface area (Å²) in [4.78, 5) is 8.70. The van der Waals surface area contributed by atoms with E-state index in [1.807, 2.05) is 26.1 Å². The molecule has 0 N–H and O–H groups in total. The van der Waals surface area contributed by atoms with Gasteiger partial charge in [0.05, 0.1) is 11.2 Å². The van der Waals surface area contributed by atoms with Gasteiger partial charge in [-0.25, -0.2) is 0 Å². The van der Waals surface area contributed by atoms with Gasteiger partial charge >= 0.3 is 0 Å². The fraction of sp³-hybridized carbons (Fsp3) is 0.273.